The van der Waals surface area contributed by atoms with Crippen LogP contribution in [0.4, 0.5) is 0 Å². The lowest BCUT2D eigenvalue weighted by atomic mass is 9.65. The molecule has 5 rings (SSSR count). The monoisotopic (exact) mass is 461 g/mol. The Hall–Kier alpha value is -3.19. The Labute approximate surface area is 199 Å². The SMILES string of the molecule is O=C(CCc1ccco1)N1CC[C@@](O)(Cn2cnc(-c3ccccc3)cc2=O)C2(CCCC2)C1. The number of benzene rings is 1. The molecule has 7 nitrogen and oxygen atoms in total. The van der Waals surface area contributed by atoms with Gasteiger partial charge in [-0.1, -0.05) is 43.2 Å². The maximum Gasteiger partial charge on any atom is 0.253 e. The number of likely N-dealkylation sites (tertiary alicyclic amines) is 1. The van der Waals surface area contributed by atoms with Gasteiger partial charge < -0.3 is 14.4 Å². The lowest BCUT2D eigenvalue weighted by Gasteiger charge is -2.52. The first-order valence-electron chi connectivity index (χ1n) is 12.1. The fraction of sp³-hybridized carbons (Fsp3) is 0.444. The highest BCUT2D eigenvalue weighted by Crippen LogP contribution is 2.51. The van der Waals surface area contributed by atoms with Crippen LogP contribution < -0.4 is 5.56 Å². The molecule has 178 valence electrons. The van der Waals surface area contributed by atoms with Crippen molar-refractivity contribution in [1.82, 2.24) is 14.5 Å². The van der Waals surface area contributed by atoms with Crippen LogP contribution in [-0.2, 0) is 17.8 Å². The summed E-state index contributed by atoms with van der Waals surface area (Å²) < 4.78 is 6.89. The molecule has 2 aliphatic rings. The number of hydrogen-bond acceptors (Lipinski definition) is 5. The van der Waals surface area contributed by atoms with E-state index in [4.69, 9.17) is 4.42 Å². The highest BCUT2D eigenvalue weighted by molar-refractivity contribution is 5.76. The molecule has 0 bridgehead atoms. The summed E-state index contributed by atoms with van der Waals surface area (Å²) in [5.41, 5.74) is -0.114. The average Bonchev–Trinajstić information content (AvgIpc) is 3.55. The number of carbonyl (C=O) groups is 1. The van der Waals surface area contributed by atoms with E-state index in [0.29, 0.717) is 38.0 Å². The molecule has 34 heavy (non-hydrogen) atoms. The number of nitrogens with zero attached hydrogens (tertiary/aromatic N) is 3. The summed E-state index contributed by atoms with van der Waals surface area (Å²) in [7, 11) is 0. The molecule has 1 aliphatic carbocycles. The maximum atomic E-state index is 13.0. The lowest BCUT2D eigenvalue weighted by Crippen LogP contribution is -2.62. The third-order valence-electron chi connectivity index (χ3n) is 7.74. The minimum absolute atomic E-state index is 0.0933. The summed E-state index contributed by atoms with van der Waals surface area (Å²) in [4.78, 5) is 32.3. The highest BCUT2D eigenvalue weighted by Gasteiger charge is 2.55. The van der Waals surface area contributed by atoms with Gasteiger partial charge in [-0.15, -0.1) is 0 Å². The van der Waals surface area contributed by atoms with Gasteiger partial charge >= 0.3 is 0 Å². The molecule has 2 fully saturated rings. The number of hydrogen-bond donors (Lipinski definition) is 1. The van der Waals surface area contributed by atoms with Crippen molar-refractivity contribution in [3.63, 3.8) is 0 Å². The number of aliphatic hydroxyl groups is 1. The molecule has 2 aromatic heterocycles. The van der Waals surface area contributed by atoms with Crippen LogP contribution in [0.1, 0.15) is 44.3 Å². The van der Waals surface area contributed by atoms with Crippen LogP contribution >= 0.6 is 0 Å². The van der Waals surface area contributed by atoms with Crippen molar-refractivity contribution in [2.24, 2.45) is 5.41 Å². The van der Waals surface area contributed by atoms with Crippen molar-refractivity contribution in [1.29, 1.82) is 0 Å². The van der Waals surface area contributed by atoms with Crippen LogP contribution in [-0.4, -0.2) is 44.2 Å². The standard InChI is InChI=1S/C27H31N3O4/c31-24(11-10-22-9-6-16-34-22)29-15-14-27(33,26(18-29)12-4-5-13-26)19-30-20-28-23(17-25(30)32)21-7-2-1-3-8-21/h1-3,6-9,16-17,20,33H,4-5,10-15,18-19H2/t27-/m1/s1. The number of furan rings is 1. The first-order valence-corrected chi connectivity index (χ1v) is 12.1. The number of amides is 1. The van der Waals surface area contributed by atoms with Crippen LogP contribution in [0.2, 0.25) is 0 Å². The zero-order valence-electron chi connectivity index (χ0n) is 19.4. The second-order valence-corrected chi connectivity index (χ2v) is 9.77. The smallest absolute Gasteiger partial charge is 0.253 e. The first-order chi connectivity index (χ1) is 16.5. The van der Waals surface area contributed by atoms with Crippen molar-refractivity contribution >= 4 is 5.91 Å². The molecule has 1 aromatic carbocycles. The van der Waals surface area contributed by atoms with E-state index in [1.54, 1.807) is 12.6 Å². The van der Waals surface area contributed by atoms with Crippen molar-refractivity contribution in [2.75, 3.05) is 13.1 Å². The first kappa shape index (κ1) is 22.6. The molecular formula is C27H31N3O4. The van der Waals surface area contributed by atoms with Gasteiger partial charge in [0.25, 0.3) is 5.56 Å². The van der Waals surface area contributed by atoms with E-state index in [9.17, 15) is 14.7 Å². The summed E-state index contributed by atoms with van der Waals surface area (Å²) in [5.74, 6) is 0.902. The predicted molar refractivity (Wildman–Crippen MR) is 128 cm³/mol. The molecule has 1 amide bonds. The molecule has 3 aromatic rings. The van der Waals surface area contributed by atoms with E-state index in [-0.39, 0.29) is 18.0 Å². The van der Waals surface area contributed by atoms with Crippen LogP contribution in [0.3, 0.4) is 0 Å². The van der Waals surface area contributed by atoms with E-state index in [1.165, 1.54) is 10.6 Å². The van der Waals surface area contributed by atoms with Gasteiger partial charge in [0.1, 0.15) is 5.76 Å². The lowest BCUT2D eigenvalue weighted by molar-refractivity contribution is -0.160. The van der Waals surface area contributed by atoms with Crippen LogP contribution in [0.5, 0.6) is 0 Å². The number of carbonyl (C=O) groups excluding carboxylic acids is 1. The molecule has 1 saturated heterocycles. The van der Waals surface area contributed by atoms with Crippen molar-refractivity contribution in [3.05, 3.63) is 77.2 Å². The molecule has 7 heteroatoms. The summed E-state index contributed by atoms with van der Waals surface area (Å²) >= 11 is 0. The largest absolute Gasteiger partial charge is 0.469 e. The molecule has 1 aliphatic heterocycles. The molecule has 3 heterocycles. The Bertz CT molecular complexity index is 1180. The van der Waals surface area contributed by atoms with Crippen molar-refractivity contribution < 1.29 is 14.3 Å². The summed E-state index contributed by atoms with van der Waals surface area (Å²) in [5, 5.41) is 11.9. The van der Waals surface area contributed by atoms with Crippen molar-refractivity contribution in [3.8, 4) is 11.3 Å². The van der Waals surface area contributed by atoms with E-state index in [1.807, 2.05) is 47.4 Å². The highest BCUT2D eigenvalue weighted by atomic mass is 16.3. The quantitative estimate of drug-likeness (QED) is 0.605. The van der Waals surface area contributed by atoms with Gasteiger partial charge in [0.15, 0.2) is 0 Å². The number of aryl methyl sites for hydroxylation is 1. The second kappa shape index (κ2) is 9.22. The number of piperidine rings is 1. The fourth-order valence-corrected chi connectivity index (χ4v) is 5.75. The summed E-state index contributed by atoms with van der Waals surface area (Å²) in [6.07, 6.45) is 8.36. The third-order valence-corrected chi connectivity index (χ3v) is 7.74. The Morgan fingerprint density at radius 3 is 2.59 bits per heavy atom. The van der Waals surface area contributed by atoms with Gasteiger partial charge in [-0.3, -0.25) is 14.2 Å². The van der Waals surface area contributed by atoms with E-state index < -0.39 is 11.0 Å². The Morgan fingerprint density at radius 2 is 1.88 bits per heavy atom. The average molecular weight is 462 g/mol. The van der Waals surface area contributed by atoms with Crippen LogP contribution in [0, 0.1) is 5.41 Å². The molecule has 0 radical (unpaired) electrons. The maximum absolute atomic E-state index is 13.0. The minimum Gasteiger partial charge on any atom is -0.469 e. The van der Waals surface area contributed by atoms with Crippen LogP contribution in [0.25, 0.3) is 11.3 Å². The van der Waals surface area contributed by atoms with Gasteiger partial charge in [-0.05, 0) is 31.4 Å². The van der Waals surface area contributed by atoms with Gasteiger partial charge in [-0.25, -0.2) is 4.98 Å². The topological polar surface area (TPSA) is 88.6 Å². The number of aromatic nitrogens is 2. The van der Waals surface area contributed by atoms with E-state index in [2.05, 4.69) is 4.98 Å². The number of rotatable bonds is 6. The van der Waals surface area contributed by atoms with Gasteiger partial charge in [-0.2, -0.15) is 0 Å². The zero-order chi connectivity index (χ0) is 23.6. The van der Waals surface area contributed by atoms with Gasteiger partial charge in [0.2, 0.25) is 5.91 Å². The second-order valence-electron chi connectivity index (χ2n) is 9.77. The predicted octanol–water partition coefficient (Wildman–Crippen LogP) is 3.66. The van der Waals surface area contributed by atoms with Gasteiger partial charge in [0.05, 0.1) is 30.4 Å². The normalized spacial score (nSPS) is 21.7. The van der Waals surface area contributed by atoms with Crippen molar-refractivity contribution in [2.45, 2.75) is 57.1 Å². The molecule has 1 N–H and O–H groups in total. The summed E-state index contributed by atoms with van der Waals surface area (Å²) in [6.45, 7) is 1.21. The zero-order valence-corrected chi connectivity index (χ0v) is 19.4. The van der Waals surface area contributed by atoms with Gasteiger partial charge in [0, 0.05) is 43.0 Å². The molecule has 0 unspecified atom stereocenters. The Morgan fingerprint density at radius 1 is 1.09 bits per heavy atom. The van der Waals surface area contributed by atoms with Crippen LogP contribution in [0.15, 0.2) is 70.3 Å². The van der Waals surface area contributed by atoms with E-state index >= 15 is 0 Å². The Kier molecular flexibility index (Phi) is 6.13. The summed E-state index contributed by atoms with van der Waals surface area (Å²) in [6, 6.07) is 14.9. The Balaban J connectivity index is 1.32. The molecule has 1 saturated carbocycles. The molecular weight excluding hydrogens is 430 g/mol. The third kappa shape index (κ3) is 4.32. The molecule has 1 spiro atoms. The fourth-order valence-electron chi connectivity index (χ4n) is 5.75. The van der Waals surface area contributed by atoms with E-state index in [0.717, 1.165) is 37.0 Å². The molecule has 1 atom stereocenters. The minimum atomic E-state index is -1.05.